The largest absolute Gasteiger partial charge is 0.466 e. The highest BCUT2D eigenvalue weighted by molar-refractivity contribution is 6.05. The average Bonchev–Trinajstić information content (AvgIpc) is 2.80. The highest BCUT2D eigenvalue weighted by Gasteiger charge is 2.13. The van der Waals surface area contributed by atoms with Crippen molar-refractivity contribution in [3.05, 3.63) is 53.0 Å². The summed E-state index contributed by atoms with van der Waals surface area (Å²) in [7, 11) is 0. The highest BCUT2D eigenvalue weighted by Crippen LogP contribution is 2.16. The molecule has 2 N–H and O–H groups in total. The standard InChI is InChI=1S/C17H17NO3/c1-12-11-16(13(2)21-12)17(20)18-15-8-6-14(7-9-15)5-3-4-10-19/h6-9,11,19H,4,10H2,1-2H3,(H,18,20). The van der Waals surface area contributed by atoms with E-state index in [4.69, 9.17) is 9.52 Å². The zero-order chi connectivity index (χ0) is 15.2. The molecule has 2 aromatic rings. The van der Waals surface area contributed by atoms with Crippen LogP contribution in [-0.2, 0) is 0 Å². The molecule has 1 aromatic heterocycles. The van der Waals surface area contributed by atoms with E-state index in [1.165, 1.54) is 0 Å². The van der Waals surface area contributed by atoms with Crippen LogP contribution < -0.4 is 5.32 Å². The number of aliphatic hydroxyl groups excluding tert-OH is 1. The van der Waals surface area contributed by atoms with E-state index in [1.54, 1.807) is 25.1 Å². The normalized spacial score (nSPS) is 9.86. The number of carbonyl (C=O) groups is 1. The smallest absolute Gasteiger partial charge is 0.259 e. The number of nitrogens with one attached hydrogen (secondary N) is 1. The summed E-state index contributed by atoms with van der Waals surface area (Å²) in [5, 5.41) is 11.5. The lowest BCUT2D eigenvalue weighted by atomic mass is 10.2. The lowest BCUT2D eigenvalue weighted by molar-refractivity contribution is 0.102. The molecule has 0 saturated carbocycles. The molecule has 0 saturated heterocycles. The minimum absolute atomic E-state index is 0.0601. The fourth-order valence-electron chi connectivity index (χ4n) is 1.91. The van der Waals surface area contributed by atoms with Gasteiger partial charge in [-0.1, -0.05) is 11.8 Å². The van der Waals surface area contributed by atoms with Crippen LogP contribution in [0.25, 0.3) is 0 Å². The Morgan fingerprint density at radius 1 is 1.29 bits per heavy atom. The van der Waals surface area contributed by atoms with Crippen LogP contribution in [0.4, 0.5) is 5.69 Å². The molecular formula is C17H17NO3. The Bertz CT molecular complexity index is 687. The summed E-state index contributed by atoms with van der Waals surface area (Å²) in [6.45, 7) is 3.63. The van der Waals surface area contributed by atoms with Crippen molar-refractivity contribution in [1.82, 2.24) is 0 Å². The van der Waals surface area contributed by atoms with Crippen molar-refractivity contribution >= 4 is 11.6 Å². The zero-order valence-electron chi connectivity index (χ0n) is 12.1. The molecule has 0 atom stereocenters. The number of aliphatic hydroxyl groups is 1. The molecule has 4 heteroatoms. The molecule has 1 amide bonds. The molecular weight excluding hydrogens is 266 g/mol. The summed E-state index contributed by atoms with van der Waals surface area (Å²) in [4.78, 5) is 12.1. The Morgan fingerprint density at radius 3 is 2.57 bits per heavy atom. The van der Waals surface area contributed by atoms with Crippen LogP contribution in [0.1, 0.15) is 33.9 Å². The predicted molar refractivity (Wildman–Crippen MR) is 81.2 cm³/mol. The van der Waals surface area contributed by atoms with E-state index in [0.29, 0.717) is 29.2 Å². The maximum atomic E-state index is 12.1. The molecule has 1 heterocycles. The van der Waals surface area contributed by atoms with E-state index < -0.39 is 0 Å². The van der Waals surface area contributed by atoms with Crippen molar-refractivity contribution < 1.29 is 14.3 Å². The van der Waals surface area contributed by atoms with Gasteiger partial charge in [0.1, 0.15) is 11.5 Å². The second kappa shape index (κ2) is 6.78. The van der Waals surface area contributed by atoms with Crippen molar-refractivity contribution in [3.8, 4) is 11.8 Å². The molecule has 0 bridgehead atoms. The van der Waals surface area contributed by atoms with E-state index in [0.717, 1.165) is 5.56 Å². The monoisotopic (exact) mass is 283 g/mol. The van der Waals surface area contributed by atoms with Gasteiger partial charge in [0.15, 0.2) is 0 Å². The first-order chi connectivity index (χ1) is 10.1. The molecule has 0 aliphatic heterocycles. The fourth-order valence-corrected chi connectivity index (χ4v) is 1.91. The molecule has 1 aromatic carbocycles. The van der Waals surface area contributed by atoms with Gasteiger partial charge in [0.25, 0.3) is 5.91 Å². The lowest BCUT2D eigenvalue weighted by Crippen LogP contribution is -2.11. The summed E-state index contributed by atoms with van der Waals surface area (Å²) < 4.78 is 5.35. The first kappa shape index (κ1) is 14.9. The number of hydrogen-bond donors (Lipinski definition) is 2. The van der Waals surface area contributed by atoms with E-state index in [-0.39, 0.29) is 12.5 Å². The highest BCUT2D eigenvalue weighted by atomic mass is 16.3. The van der Waals surface area contributed by atoms with Crippen molar-refractivity contribution in [2.75, 3.05) is 11.9 Å². The molecule has 4 nitrogen and oxygen atoms in total. The molecule has 0 radical (unpaired) electrons. The molecule has 2 rings (SSSR count). The summed E-state index contributed by atoms with van der Waals surface area (Å²) in [5.74, 6) is 6.91. The number of rotatable bonds is 3. The molecule has 108 valence electrons. The quantitative estimate of drug-likeness (QED) is 0.851. The van der Waals surface area contributed by atoms with Gasteiger partial charge in [0.2, 0.25) is 0 Å². The van der Waals surface area contributed by atoms with Crippen molar-refractivity contribution in [1.29, 1.82) is 0 Å². The zero-order valence-corrected chi connectivity index (χ0v) is 12.1. The van der Waals surface area contributed by atoms with Crippen LogP contribution in [0, 0.1) is 25.7 Å². The Balaban J connectivity index is 2.05. The van der Waals surface area contributed by atoms with Crippen LogP contribution in [0.2, 0.25) is 0 Å². The van der Waals surface area contributed by atoms with E-state index in [9.17, 15) is 4.79 Å². The lowest BCUT2D eigenvalue weighted by Gasteiger charge is -2.04. The summed E-state index contributed by atoms with van der Waals surface area (Å²) in [6, 6.07) is 8.96. The van der Waals surface area contributed by atoms with E-state index in [2.05, 4.69) is 17.2 Å². The van der Waals surface area contributed by atoms with Crippen LogP contribution in [-0.4, -0.2) is 17.6 Å². The number of carbonyl (C=O) groups excluding carboxylic acids is 1. The Labute approximate surface area is 123 Å². The van der Waals surface area contributed by atoms with Gasteiger partial charge in [-0.3, -0.25) is 4.79 Å². The Hall–Kier alpha value is -2.51. The maximum absolute atomic E-state index is 12.1. The fraction of sp³-hybridized carbons (Fsp3) is 0.235. The van der Waals surface area contributed by atoms with Gasteiger partial charge in [-0.2, -0.15) is 0 Å². The first-order valence-corrected chi connectivity index (χ1v) is 6.68. The van der Waals surface area contributed by atoms with Gasteiger partial charge in [0.05, 0.1) is 12.2 Å². The summed E-state index contributed by atoms with van der Waals surface area (Å²) in [5.41, 5.74) is 2.09. The second-order valence-corrected chi connectivity index (χ2v) is 4.63. The number of amides is 1. The topological polar surface area (TPSA) is 62.5 Å². The van der Waals surface area contributed by atoms with Crippen LogP contribution in [0.5, 0.6) is 0 Å². The van der Waals surface area contributed by atoms with Gasteiger partial charge >= 0.3 is 0 Å². The van der Waals surface area contributed by atoms with Crippen LogP contribution in [0.15, 0.2) is 34.7 Å². The Morgan fingerprint density at radius 2 is 2.00 bits per heavy atom. The van der Waals surface area contributed by atoms with Gasteiger partial charge in [-0.05, 0) is 44.2 Å². The van der Waals surface area contributed by atoms with Gasteiger partial charge in [0, 0.05) is 17.7 Å². The molecule has 0 unspecified atom stereocenters. The van der Waals surface area contributed by atoms with Crippen molar-refractivity contribution in [2.45, 2.75) is 20.3 Å². The third-order valence-corrected chi connectivity index (χ3v) is 2.90. The Kier molecular flexibility index (Phi) is 4.81. The number of furan rings is 1. The number of benzene rings is 1. The van der Waals surface area contributed by atoms with E-state index in [1.807, 2.05) is 19.1 Å². The number of anilines is 1. The predicted octanol–water partition coefficient (Wildman–Crippen LogP) is 2.88. The molecule has 0 aliphatic rings. The second-order valence-electron chi connectivity index (χ2n) is 4.63. The van der Waals surface area contributed by atoms with Crippen LogP contribution in [0.3, 0.4) is 0 Å². The molecule has 0 spiro atoms. The molecule has 0 aliphatic carbocycles. The van der Waals surface area contributed by atoms with Crippen LogP contribution >= 0.6 is 0 Å². The van der Waals surface area contributed by atoms with Crippen molar-refractivity contribution in [2.24, 2.45) is 0 Å². The molecule has 0 fully saturated rings. The van der Waals surface area contributed by atoms with Gasteiger partial charge < -0.3 is 14.8 Å². The van der Waals surface area contributed by atoms with Crippen molar-refractivity contribution in [3.63, 3.8) is 0 Å². The third kappa shape index (κ3) is 3.98. The first-order valence-electron chi connectivity index (χ1n) is 6.68. The number of aryl methyl sites for hydroxylation is 2. The summed E-state index contributed by atoms with van der Waals surface area (Å²) in [6.07, 6.45) is 0.456. The SMILES string of the molecule is Cc1cc(C(=O)Nc2ccc(C#CCCO)cc2)c(C)o1. The maximum Gasteiger partial charge on any atom is 0.259 e. The average molecular weight is 283 g/mol. The van der Waals surface area contributed by atoms with Gasteiger partial charge in [-0.15, -0.1) is 0 Å². The number of hydrogen-bond acceptors (Lipinski definition) is 3. The van der Waals surface area contributed by atoms with E-state index >= 15 is 0 Å². The summed E-state index contributed by atoms with van der Waals surface area (Å²) >= 11 is 0. The minimum atomic E-state index is -0.191. The third-order valence-electron chi connectivity index (χ3n) is 2.90. The van der Waals surface area contributed by atoms with Gasteiger partial charge in [-0.25, -0.2) is 0 Å². The minimum Gasteiger partial charge on any atom is -0.466 e. The molecule has 21 heavy (non-hydrogen) atoms.